The van der Waals surface area contributed by atoms with E-state index < -0.39 is 6.09 Å². The molecule has 0 aliphatic rings. The fourth-order valence-corrected chi connectivity index (χ4v) is 1.57. The lowest BCUT2D eigenvalue weighted by Gasteiger charge is -2.12. The Bertz CT molecular complexity index is 451. The van der Waals surface area contributed by atoms with Gasteiger partial charge in [0.15, 0.2) is 0 Å². The standard InChI is InChI=1S/C11H13BrN2O4/c1-7(15)14-9-3-2-8(12)6-10(9)18-5-4-13-11(16)17/h2-3,6,13H,4-5H2,1H3,(H,14,15)(H,16,17). The number of carbonyl (C=O) groups is 2. The first-order valence-corrected chi connectivity index (χ1v) is 5.95. The minimum Gasteiger partial charge on any atom is -0.490 e. The van der Waals surface area contributed by atoms with Crippen LogP contribution >= 0.6 is 15.9 Å². The first-order chi connectivity index (χ1) is 8.49. The second-order valence-electron chi connectivity index (χ2n) is 3.40. The molecule has 1 aromatic carbocycles. The summed E-state index contributed by atoms with van der Waals surface area (Å²) in [5, 5.41) is 13.2. The van der Waals surface area contributed by atoms with E-state index in [1.807, 2.05) is 0 Å². The van der Waals surface area contributed by atoms with Crippen molar-refractivity contribution in [2.24, 2.45) is 0 Å². The van der Waals surface area contributed by atoms with Gasteiger partial charge >= 0.3 is 6.09 Å². The topological polar surface area (TPSA) is 87.7 Å². The Balaban J connectivity index is 2.64. The number of hydrogen-bond donors (Lipinski definition) is 3. The number of anilines is 1. The Hall–Kier alpha value is -1.76. The van der Waals surface area contributed by atoms with Gasteiger partial charge in [-0.05, 0) is 18.2 Å². The van der Waals surface area contributed by atoms with Gasteiger partial charge in [0.1, 0.15) is 12.4 Å². The van der Waals surface area contributed by atoms with Crippen LogP contribution < -0.4 is 15.4 Å². The van der Waals surface area contributed by atoms with Crippen LogP contribution in [0, 0.1) is 0 Å². The van der Waals surface area contributed by atoms with Crippen molar-refractivity contribution in [3.8, 4) is 5.75 Å². The van der Waals surface area contributed by atoms with Crippen molar-refractivity contribution in [1.29, 1.82) is 0 Å². The van der Waals surface area contributed by atoms with E-state index in [1.54, 1.807) is 18.2 Å². The fraction of sp³-hybridized carbons (Fsp3) is 0.273. The van der Waals surface area contributed by atoms with Gasteiger partial charge in [-0.15, -0.1) is 0 Å². The Morgan fingerprint density at radius 2 is 2.17 bits per heavy atom. The van der Waals surface area contributed by atoms with Crippen molar-refractivity contribution in [3.05, 3.63) is 22.7 Å². The van der Waals surface area contributed by atoms with Crippen LogP contribution in [0.15, 0.2) is 22.7 Å². The predicted octanol–water partition coefficient (Wildman–Crippen LogP) is 2.05. The number of nitrogens with one attached hydrogen (secondary N) is 2. The molecule has 7 heteroatoms. The van der Waals surface area contributed by atoms with Crippen molar-refractivity contribution >= 4 is 33.6 Å². The molecule has 0 fully saturated rings. The number of benzene rings is 1. The molecular formula is C11H13BrN2O4. The molecule has 1 aromatic rings. The van der Waals surface area contributed by atoms with Gasteiger partial charge in [-0.25, -0.2) is 4.79 Å². The number of hydrogen-bond acceptors (Lipinski definition) is 3. The van der Waals surface area contributed by atoms with E-state index in [0.29, 0.717) is 11.4 Å². The van der Waals surface area contributed by atoms with E-state index in [4.69, 9.17) is 9.84 Å². The average molecular weight is 317 g/mol. The lowest BCUT2D eigenvalue weighted by molar-refractivity contribution is -0.114. The maximum Gasteiger partial charge on any atom is 0.404 e. The van der Waals surface area contributed by atoms with Gasteiger partial charge in [-0.2, -0.15) is 0 Å². The molecule has 0 unspecified atom stereocenters. The molecule has 0 aromatic heterocycles. The van der Waals surface area contributed by atoms with Crippen molar-refractivity contribution in [1.82, 2.24) is 5.32 Å². The van der Waals surface area contributed by atoms with Gasteiger partial charge in [-0.1, -0.05) is 15.9 Å². The van der Waals surface area contributed by atoms with Crippen LogP contribution in [0.25, 0.3) is 0 Å². The van der Waals surface area contributed by atoms with E-state index in [-0.39, 0.29) is 19.1 Å². The summed E-state index contributed by atoms with van der Waals surface area (Å²) in [6.45, 7) is 1.74. The quantitative estimate of drug-likeness (QED) is 0.725. The number of carboxylic acid groups (broad SMARTS) is 1. The van der Waals surface area contributed by atoms with E-state index in [2.05, 4.69) is 26.6 Å². The normalized spacial score (nSPS) is 9.67. The maximum absolute atomic E-state index is 11.0. The lowest BCUT2D eigenvalue weighted by atomic mass is 10.3. The van der Waals surface area contributed by atoms with Crippen molar-refractivity contribution in [2.45, 2.75) is 6.92 Å². The van der Waals surface area contributed by atoms with Crippen LogP contribution in [0.4, 0.5) is 10.5 Å². The molecule has 18 heavy (non-hydrogen) atoms. The minimum atomic E-state index is -1.10. The summed E-state index contributed by atoms with van der Waals surface area (Å²) in [7, 11) is 0. The summed E-state index contributed by atoms with van der Waals surface area (Å²) in [5.74, 6) is 0.276. The predicted molar refractivity (Wildman–Crippen MR) is 70.0 cm³/mol. The lowest BCUT2D eigenvalue weighted by Crippen LogP contribution is -2.26. The SMILES string of the molecule is CC(=O)Nc1ccc(Br)cc1OCCNC(=O)O. The van der Waals surface area contributed by atoms with Gasteiger partial charge < -0.3 is 20.5 Å². The van der Waals surface area contributed by atoms with E-state index in [1.165, 1.54) is 6.92 Å². The molecule has 0 aliphatic carbocycles. The van der Waals surface area contributed by atoms with Crippen molar-refractivity contribution < 1.29 is 19.4 Å². The molecular weight excluding hydrogens is 304 g/mol. The molecule has 0 bridgehead atoms. The molecule has 2 amide bonds. The fourth-order valence-electron chi connectivity index (χ4n) is 1.23. The molecule has 3 N–H and O–H groups in total. The van der Waals surface area contributed by atoms with Gasteiger partial charge in [0.2, 0.25) is 5.91 Å². The third-order valence-corrected chi connectivity index (χ3v) is 2.38. The molecule has 0 spiro atoms. The summed E-state index contributed by atoms with van der Waals surface area (Å²) < 4.78 is 6.20. The second-order valence-corrected chi connectivity index (χ2v) is 4.32. The van der Waals surface area contributed by atoms with Gasteiger partial charge in [0.05, 0.1) is 12.2 Å². The van der Waals surface area contributed by atoms with Crippen LogP contribution in [-0.2, 0) is 4.79 Å². The smallest absolute Gasteiger partial charge is 0.404 e. The highest BCUT2D eigenvalue weighted by Crippen LogP contribution is 2.28. The number of halogens is 1. The van der Waals surface area contributed by atoms with E-state index >= 15 is 0 Å². The number of amides is 2. The Morgan fingerprint density at radius 3 is 2.78 bits per heavy atom. The van der Waals surface area contributed by atoms with Gasteiger partial charge in [-0.3, -0.25) is 4.79 Å². The van der Waals surface area contributed by atoms with Gasteiger partial charge in [0, 0.05) is 11.4 Å². The largest absolute Gasteiger partial charge is 0.490 e. The number of rotatable bonds is 5. The van der Waals surface area contributed by atoms with Crippen molar-refractivity contribution in [2.75, 3.05) is 18.5 Å². The van der Waals surface area contributed by atoms with Gasteiger partial charge in [0.25, 0.3) is 0 Å². The van der Waals surface area contributed by atoms with E-state index in [9.17, 15) is 9.59 Å². The molecule has 0 aliphatic heterocycles. The third kappa shape index (κ3) is 5.05. The highest BCUT2D eigenvalue weighted by atomic mass is 79.9. The molecule has 0 atom stereocenters. The Morgan fingerprint density at radius 1 is 1.44 bits per heavy atom. The maximum atomic E-state index is 11.0. The van der Waals surface area contributed by atoms with Crippen LogP contribution in [0.3, 0.4) is 0 Å². The summed E-state index contributed by atoms with van der Waals surface area (Å²) in [6.07, 6.45) is -1.10. The minimum absolute atomic E-state index is 0.168. The summed E-state index contributed by atoms with van der Waals surface area (Å²) in [5.41, 5.74) is 0.543. The third-order valence-electron chi connectivity index (χ3n) is 1.89. The molecule has 0 heterocycles. The molecule has 0 saturated heterocycles. The van der Waals surface area contributed by atoms with E-state index in [0.717, 1.165) is 4.47 Å². The summed E-state index contributed by atoms with van der Waals surface area (Å²) >= 11 is 3.29. The average Bonchev–Trinajstić information content (AvgIpc) is 2.27. The zero-order valence-corrected chi connectivity index (χ0v) is 11.3. The molecule has 1 rings (SSSR count). The Labute approximate surface area is 112 Å². The highest BCUT2D eigenvalue weighted by molar-refractivity contribution is 9.10. The summed E-state index contributed by atoms with van der Waals surface area (Å²) in [6, 6.07) is 5.17. The first kappa shape index (κ1) is 14.3. The first-order valence-electron chi connectivity index (χ1n) is 5.16. The highest BCUT2D eigenvalue weighted by Gasteiger charge is 2.06. The van der Waals surface area contributed by atoms with Crippen LogP contribution in [0.1, 0.15) is 6.92 Å². The monoisotopic (exact) mass is 316 g/mol. The zero-order chi connectivity index (χ0) is 13.5. The van der Waals surface area contributed by atoms with Crippen LogP contribution in [0.5, 0.6) is 5.75 Å². The number of ether oxygens (including phenoxy) is 1. The summed E-state index contributed by atoms with van der Waals surface area (Å²) in [4.78, 5) is 21.2. The zero-order valence-electron chi connectivity index (χ0n) is 9.70. The molecule has 0 radical (unpaired) electrons. The Kier molecular flexibility index (Phi) is 5.44. The van der Waals surface area contributed by atoms with Crippen LogP contribution in [-0.4, -0.2) is 30.3 Å². The number of carbonyl (C=O) groups excluding carboxylic acids is 1. The molecule has 6 nitrogen and oxygen atoms in total. The molecule has 0 saturated carbocycles. The molecule has 98 valence electrons. The van der Waals surface area contributed by atoms with Crippen LogP contribution in [0.2, 0.25) is 0 Å². The van der Waals surface area contributed by atoms with Crippen molar-refractivity contribution in [3.63, 3.8) is 0 Å². The second kappa shape index (κ2) is 6.85.